The average Bonchev–Trinajstić information content (AvgIpc) is 2.52. The summed E-state index contributed by atoms with van der Waals surface area (Å²) in [5.74, 6) is -1.19. The van der Waals surface area contributed by atoms with Crippen molar-refractivity contribution in [2.75, 3.05) is 0 Å². The molecule has 4 heteroatoms. The van der Waals surface area contributed by atoms with Crippen molar-refractivity contribution in [1.29, 1.82) is 0 Å². The van der Waals surface area contributed by atoms with E-state index in [1.807, 2.05) is 51.1 Å². The van der Waals surface area contributed by atoms with Crippen molar-refractivity contribution in [2.45, 2.75) is 65.6 Å². The third kappa shape index (κ3) is 5.38. The van der Waals surface area contributed by atoms with Gasteiger partial charge in [-0.05, 0) is 32.3 Å². The summed E-state index contributed by atoms with van der Waals surface area (Å²) in [6, 6.07) is 9.90. The van der Waals surface area contributed by atoms with Crippen LogP contribution >= 0.6 is 0 Å². The first-order chi connectivity index (χ1) is 10.8. The Balaban J connectivity index is 2.72. The summed E-state index contributed by atoms with van der Waals surface area (Å²) < 4.78 is 11.1. The first kappa shape index (κ1) is 19.2. The van der Waals surface area contributed by atoms with Gasteiger partial charge in [0.1, 0.15) is 11.7 Å². The lowest BCUT2D eigenvalue weighted by Crippen LogP contribution is -2.45. The second-order valence-corrected chi connectivity index (χ2v) is 6.02. The molecule has 0 heterocycles. The fraction of sp³-hybridized carbons (Fsp3) is 0.579. The van der Waals surface area contributed by atoms with E-state index < -0.39 is 11.5 Å². The third-order valence-electron chi connectivity index (χ3n) is 4.37. The van der Waals surface area contributed by atoms with Crippen LogP contribution < -0.4 is 0 Å². The lowest BCUT2D eigenvalue weighted by Gasteiger charge is -2.36. The van der Waals surface area contributed by atoms with Gasteiger partial charge in [-0.2, -0.15) is 0 Å². The molecule has 0 aromatic heterocycles. The van der Waals surface area contributed by atoms with Crippen LogP contribution in [0.1, 0.15) is 53.0 Å². The van der Waals surface area contributed by atoms with Crippen LogP contribution in [0.25, 0.3) is 0 Å². The van der Waals surface area contributed by atoms with Crippen LogP contribution in [-0.2, 0) is 25.5 Å². The highest BCUT2D eigenvalue weighted by Crippen LogP contribution is 2.31. The Morgan fingerprint density at radius 1 is 1.09 bits per heavy atom. The third-order valence-corrected chi connectivity index (χ3v) is 4.37. The second kappa shape index (κ2) is 8.70. The molecule has 0 spiro atoms. The molecule has 0 fully saturated rings. The predicted molar refractivity (Wildman–Crippen MR) is 89.9 cm³/mol. The van der Waals surface area contributed by atoms with E-state index in [1.54, 1.807) is 6.92 Å². The Kier molecular flexibility index (Phi) is 7.27. The predicted octanol–water partition coefficient (Wildman–Crippen LogP) is 3.92. The minimum Gasteiger partial charge on any atom is -0.462 e. The molecule has 1 unspecified atom stereocenters. The number of esters is 2. The summed E-state index contributed by atoms with van der Waals surface area (Å²) in [7, 11) is 0. The van der Waals surface area contributed by atoms with E-state index in [0.29, 0.717) is 19.3 Å². The van der Waals surface area contributed by atoms with Gasteiger partial charge in [0.05, 0.1) is 5.92 Å². The molecule has 0 radical (unpaired) electrons. The zero-order valence-corrected chi connectivity index (χ0v) is 14.8. The van der Waals surface area contributed by atoms with Crippen molar-refractivity contribution >= 4 is 11.9 Å². The second-order valence-electron chi connectivity index (χ2n) is 6.02. The first-order valence-corrected chi connectivity index (χ1v) is 8.28. The highest BCUT2D eigenvalue weighted by Gasteiger charge is 2.41. The van der Waals surface area contributed by atoms with Gasteiger partial charge in [0, 0.05) is 13.3 Å². The van der Waals surface area contributed by atoms with Crippen molar-refractivity contribution < 1.29 is 19.1 Å². The fourth-order valence-corrected chi connectivity index (χ4v) is 2.88. The maximum absolute atomic E-state index is 12.5. The van der Waals surface area contributed by atoms with E-state index in [9.17, 15) is 9.59 Å². The average molecular weight is 320 g/mol. The molecule has 0 saturated heterocycles. The molecule has 2 atom stereocenters. The zero-order valence-electron chi connectivity index (χ0n) is 14.8. The van der Waals surface area contributed by atoms with E-state index >= 15 is 0 Å². The van der Waals surface area contributed by atoms with Crippen LogP contribution in [0.5, 0.6) is 0 Å². The molecule has 0 bridgehead atoms. The lowest BCUT2D eigenvalue weighted by atomic mass is 9.83. The Morgan fingerprint density at radius 2 is 1.65 bits per heavy atom. The molecule has 128 valence electrons. The monoisotopic (exact) mass is 320 g/mol. The van der Waals surface area contributed by atoms with Crippen LogP contribution in [0, 0.1) is 5.92 Å². The minimum absolute atomic E-state index is 0.226. The molecule has 1 rings (SSSR count). The maximum atomic E-state index is 12.5. The van der Waals surface area contributed by atoms with E-state index in [4.69, 9.17) is 9.47 Å². The van der Waals surface area contributed by atoms with Gasteiger partial charge >= 0.3 is 11.9 Å². The summed E-state index contributed by atoms with van der Waals surface area (Å²) in [4.78, 5) is 23.9. The van der Waals surface area contributed by atoms with Crippen LogP contribution in [0.3, 0.4) is 0 Å². The quantitative estimate of drug-likeness (QED) is 0.681. The normalized spacial score (nSPS) is 14.0. The highest BCUT2D eigenvalue weighted by molar-refractivity contribution is 5.75. The van der Waals surface area contributed by atoms with Crippen molar-refractivity contribution in [2.24, 2.45) is 5.92 Å². The standard InChI is InChI=1S/C19H28O4/c1-6-19(7-2,23-16(5)20)15(4)18(21)22-14(3)13-17-11-9-8-10-12-17/h8-12,14-15H,6-7,13H2,1-5H3/t14?,15-/m0/s1. The number of rotatable bonds is 8. The molecule has 0 saturated carbocycles. The number of hydrogen-bond donors (Lipinski definition) is 0. The van der Waals surface area contributed by atoms with Crippen molar-refractivity contribution in [3.8, 4) is 0 Å². The zero-order chi connectivity index (χ0) is 17.5. The first-order valence-electron chi connectivity index (χ1n) is 8.28. The topological polar surface area (TPSA) is 52.6 Å². The number of benzene rings is 1. The molecule has 0 aliphatic rings. The number of carbonyl (C=O) groups is 2. The van der Waals surface area contributed by atoms with E-state index in [-0.39, 0.29) is 18.0 Å². The Bertz CT molecular complexity index is 505. The van der Waals surface area contributed by atoms with Gasteiger partial charge in [-0.25, -0.2) is 0 Å². The fourth-order valence-electron chi connectivity index (χ4n) is 2.88. The molecule has 1 aromatic carbocycles. The molecule has 0 amide bonds. The van der Waals surface area contributed by atoms with Gasteiger partial charge in [0.25, 0.3) is 0 Å². The number of carbonyl (C=O) groups excluding carboxylic acids is 2. The van der Waals surface area contributed by atoms with Gasteiger partial charge in [-0.1, -0.05) is 44.2 Å². The van der Waals surface area contributed by atoms with Crippen LogP contribution in [0.4, 0.5) is 0 Å². The summed E-state index contributed by atoms with van der Waals surface area (Å²) in [5.41, 5.74) is 0.327. The van der Waals surface area contributed by atoms with Gasteiger partial charge < -0.3 is 9.47 Å². The SMILES string of the molecule is CCC(CC)(OC(C)=O)[C@@H](C)C(=O)OC(C)Cc1ccccc1. The summed E-state index contributed by atoms with van der Waals surface area (Å²) in [6.45, 7) is 8.86. The molecular formula is C19H28O4. The van der Waals surface area contributed by atoms with Gasteiger partial charge in [-0.15, -0.1) is 0 Å². The summed E-state index contributed by atoms with van der Waals surface area (Å²) in [6.07, 6.45) is 1.59. The van der Waals surface area contributed by atoms with Gasteiger partial charge in [0.2, 0.25) is 0 Å². The van der Waals surface area contributed by atoms with Crippen LogP contribution in [0.15, 0.2) is 30.3 Å². The van der Waals surface area contributed by atoms with Gasteiger partial charge in [-0.3, -0.25) is 9.59 Å². The van der Waals surface area contributed by atoms with Crippen molar-refractivity contribution in [1.82, 2.24) is 0 Å². The molecule has 23 heavy (non-hydrogen) atoms. The molecule has 0 aliphatic heterocycles. The Hall–Kier alpha value is -1.84. The molecule has 1 aromatic rings. The largest absolute Gasteiger partial charge is 0.462 e. The smallest absolute Gasteiger partial charge is 0.313 e. The number of hydrogen-bond acceptors (Lipinski definition) is 4. The Morgan fingerprint density at radius 3 is 2.13 bits per heavy atom. The van der Waals surface area contributed by atoms with E-state index in [1.165, 1.54) is 6.92 Å². The van der Waals surface area contributed by atoms with Gasteiger partial charge in [0.15, 0.2) is 0 Å². The van der Waals surface area contributed by atoms with Crippen molar-refractivity contribution in [3.63, 3.8) is 0 Å². The molecule has 0 aliphatic carbocycles. The molecular weight excluding hydrogens is 292 g/mol. The lowest BCUT2D eigenvalue weighted by molar-refractivity contribution is -0.177. The van der Waals surface area contributed by atoms with E-state index in [2.05, 4.69) is 0 Å². The molecule has 0 N–H and O–H groups in total. The van der Waals surface area contributed by atoms with E-state index in [0.717, 1.165) is 5.56 Å². The summed E-state index contributed by atoms with van der Waals surface area (Å²) >= 11 is 0. The minimum atomic E-state index is -0.796. The number of ether oxygens (including phenoxy) is 2. The van der Waals surface area contributed by atoms with Crippen molar-refractivity contribution in [3.05, 3.63) is 35.9 Å². The van der Waals surface area contributed by atoms with Crippen LogP contribution in [0.2, 0.25) is 0 Å². The maximum Gasteiger partial charge on any atom is 0.313 e. The highest BCUT2D eigenvalue weighted by atomic mass is 16.6. The summed E-state index contributed by atoms with van der Waals surface area (Å²) in [5, 5.41) is 0. The molecule has 4 nitrogen and oxygen atoms in total. The van der Waals surface area contributed by atoms with Crippen LogP contribution in [-0.4, -0.2) is 23.6 Å². The Labute approximate surface area is 139 Å².